The molecule has 12 heteroatoms. The van der Waals surface area contributed by atoms with Crippen LogP contribution in [0.1, 0.15) is 28.4 Å². The molecule has 2 amide bonds. The van der Waals surface area contributed by atoms with E-state index in [0.717, 1.165) is 0 Å². The first kappa shape index (κ1) is 24.9. The number of hydrogen-bond acceptors (Lipinski definition) is 6. The molecule has 176 valence electrons. The summed E-state index contributed by atoms with van der Waals surface area (Å²) in [5.41, 5.74) is 11.9. The molecule has 0 radical (unpaired) electrons. The number of guanidine groups is 1. The van der Waals surface area contributed by atoms with Crippen LogP contribution in [0.2, 0.25) is 0 Å². The monoisotopic (exact) mass is 459 g/mol. The molecule has 1 atom stereocenters. The number of nitrogens with zero attached hydrogens (tertiary/aromatic N) is 1. The zero-order chi connectivity index (χ0) is 23.1. The quantitative estimate of drug-likeness (QED) is 0.258. The number of aliphatic carboxylic acids is 1. The average Bonchev–Trinajstić information content (AvgIpc) is 2.76. The van der Waals surface area contributed by atoms with E-state index in [9.17, 15) is 19.5 Å². The van der Waals surface area contributed by atoms with Crippen molar-refractivity contribution in [2.24, 2.45) is 16.5 Å². The lowest BCUT2D eigenvalue weighted by Gasteiger charge is -2.22. The van der Waals surface area contributed by atoms with Crippen LogP contribution in [0.25, 0.3) is 0 Å². The molecule has 0 aromatic heterocycles. The predicted molar refractivity (Wildman–Crippen MR) is 118 cm³/mol. The Morgan fingerprint density at radius 3 is 2.48 bits per heavy atom. The van der Waals surface area contributed by atoms with Gasteiger partial charge in [0.1, 0.15) is 13.2 Å². The molecular formula is C21H25N5O7. The molecule has 9 N–H and O–H groups in total. The molecule has 3 rings (SSSR count). The van der Waals surface area contributed by atoms with Crippen molar-refractivity contribution in [1.82, 2.24) is 10.6 Å². The predicted octanol–water partition coefficient (Wildman–Crippen LogP) is -0.400. The van der Waals surface area contributed by atoms with E-state index in [4.69, 9.17) is 20.9 Å². The summed E-state index contributed by atoms with van der Waals surface area (Å²) in [5, 5.41) is 14.4. The Morgan fingerprint density at radius 1 is 1.06 bits per heavy atom. The molecule has 0 aliphatic carbocycles. The molecule has 1 aliphatic heterocycles. The van der Waals surface area contributed by atoms with Crippen molar-refractivity contribution in [3.63, 3.8) is 0 Å². The van der Waals surface area contributed by atoms with Crippen molar-refractivity contribution in [1.29, 1.82) is 0 Å². The van der Waals surface area contributed by atoms with Crippen molar-refractivity contribution >= 4 is 29.4 Å². The van der Waals surface area contributed by atoms with Crippen molar-refractivity contribution < 1.29 is 34.4 Å². The summed E-state index contributed by atoms with van der Waals surface area (Å²) in [7, 11) is 0. The molecular weight excluding hydrogens is 434 g/mol. The summed E-state index contributed by atoms with van der Waals surface area (Å²) in [4.78, 5) is 39.9. The summed E-state index contributed by atoms with van der Waals surface area (Å²) >= 11 is 0. The Balaban J connectivity index is 0.00000385. The molecule has 0 saturated carbocycles. The number of carboxylic acid groups (broad SMARTS) is 1. The van der Waals surface area contributed by atoms with Gasteiger partial charge in [-0.3, -0.25) is 14.4 Å². The van der Waals surface area contributed by atoms with Crippen LogP contribution in [0.15, 0.2) is 47.5 Å². The van der Waals surface area contributed by atoms with Crippen LogP contribution in [-0.4, -0.2) is 54.1 Å². The highest BCUT2D eigenvalue weighted by Crippen LogP contribution is 2.33. The number of nitrogens with two attached hydrogens (primary N) is 2. The third-order valence-corrected chi connectivity index (χ3v) is 4.46. The summed E-state index contributed by atoms with van der Waals surface area (Å²) in [5.74, 6) is -1.28. The van der Waals surface area contributed by atoms with E-state index in [1.165, 1.54) is 6.07 Å². The van der Waals surface area contributed by atoms with E-state index in [2.05, 4.69) is 15.6 Å². The number of carboxylic acids is 1. The van der Waals surface area contributed by atoms with Crippen LogP contribution in [0.4, 0.5) is 5.69 Å². The Labute approximate surface area is 188 Å². The maximum Gasteiger partial charge on any atom is 0.305 e. The number of aliphatic imine (C=N–C) groups is 1. The lowest BCUT2D eigenvalue weighted by atomic mass is 10.0. The Hall–Kier alpha value is -4.32. The van der Waals surface area contributed by atoms with Gasteiger partial charge in [0.05, 0.1) is 24.7 Å². The minimum absolute atomic E-state index is 0. The van der Waals surface area contributed by atoms with Gasteiger partial charge in [0.15, 0.2) is 17.5 Å². The van der Waals surface area contributed by atoms with Gasteiger partial charge in [0.2, 0.25) is 5.91 Å². The number of carbonyl (C=O) groups is 3. The number of nitrogens with one attached hydrogen (secondary N) is 2. The number of amides is 2. The summed E-state index contributed by atoms with van der Waals surface area (Å²) in [6, 6.07) is 10.4. The molecule has 2 aromatic carbocycles. The van der Waals surface area contributed by atoms with Crippen molar-refractivity contribution in [3.8, 4) is 11.5 Å². The van der Waals surface area contributed by atoms with Crippen LogP contribution in [0.5, 0.6) is 11.5 Å². The van der Waals surface area contributed by atoms with Gasteiger partial charge in [-0.1, -0.05) is 12.1 Å². The minimum atomic E-state index is -1.09. The van der Waals surface area contributed by atoms with Gasteiger partial charge in [-0.05, 0) is 35.9 Å². The molecule has 0 fully saturated rings. The van der Waals surface area contributed by atoms with Crippen LogP contribution >= 0.6 is 0 Å². The zero-order valence-electron chi connectivity index (χ0n) is 17.5. The van der Waals surface area contributed by atoms with E-state index in [-0.39, 0.29) is 30.0 Å². The van der Waals surface area contributed by atoms with E-state index in [0.29, 0.717) is 36.0 Å². The number of fused-ring (bicyclic) bond motifs is 1. The Morgan fingerprint density at radius 2 is 1.79 bits per heavy atom. The molecule has 0 bridgehead atoms. The smallest absolute Gasteiger partial charge is 0.305 e. The van der Waals surface area contributed by atoms with Crippen LogP contribution in [-0.2, 0) is 9.59 Å². The number of rotatable bonds is 8. The second-order valence-electron chi connectivity index (χ2n) is 6.89. The summed E-state index contributed by atoms with van der Waals surface area (Å²) < 4.78 is 11.0. The lowest BCUT2D eigenvalue weighted by molar-refractivity contribution is -0.137. The highest BCUT2D eigenvalue weighted by molar-refractivity contribution is 5.97. The summed E-state index contributed by atoms with van der Waals surface area (Å²) in [6.45, 7) is 0.449. The van der Waals surface area contributed by atoms with Gasteiger partial charge in [0, 0.05) is 5.56 Å². The summed E-state index contributed by atoms with van der Waals surface area (Å²) in [6.07, 6.45) is -0.347. The standard InChI is InChI=1S/C21H23N5O6.H2O/c22-21(23)25-14-3-1-2-13(8-14)20(30)24-11-18(27)26-15(10-19(28)29)12-4-5-16-17(9-12)32-7-6-31-16;/h1-5,8-9,15H,6-7,10-11H2,(H,24,30)(H,26,27)(H,28,29)(H4,22,23,25);1H2. The van der Waals surface area contributed by atoms with Crippen molar-refractivity contribution in [3.05, 3.63) is 53.6 Å². The number of hydrogen-bond donors (Lipinski definition) is 5. The average molecular weight is 459 g/mol. The topological polar surface area (TPSA) is 210 Å². The van der Waals surface area contributed by atoms with Crippen LogP contribution in [0.3, 0.4) is 0 Å². The van der Waals surface area contributed by atoms with Gasteiger partial charge in [0.25, 0.3) is 5.91 Å². The minimum Gasteiger partial charge on any atom is -0.486 e. The molecule has 33 heavy (non-hydrogen) atoms. The molecule has 1 unspecified atom stereocenters. The van der Waals surface area contributed by atoms with E-state index in [1.807, 2.05) is 0 Å². The van der Waals surface area contributed by atoms with E-state index < -0.39 is 23.8 Å². The zero-order valence-corrected chi connectivity index (χ0v) is 17.5. The Bertz CT molecular complexity index is 1050. The van der Waals surface area contributed by atoms with Gasteiger partial charge >= 0.3 is 5.97 Å². The first-order valence-corrected chi connectivity index (χ1v) is 9.70. The number of benzene rings is 2. The third-order valence-electron chi connectivity index (χ3n) is 4.46. The molecule has 0 spiro atoms. The molecule has 1 heterocycles. The SMILES string of the molecule is NC(N)=Nc1cccc(C(=O)NCC(=O)NC(CC(=O)O)c2ccc3c(c2)OCCO3)c1.O. The fourth-order valence-corrected chi connectivity index (χ4v) is 3.08. The van der Waals surface area contributed by atoms with Crippen LogP contribution in [0, 0.1) is 0 Å². The van der Waals surface area contributed by atoms with Gasteiger partial charge in [-0.15, -0.1) is 0 Å². The second-order valence-corrected chi connectivity index (χ2v) is 6.89. The number of carbonyl (C=O) groups excluding carboxylic acids is 2. The fraction of sp³-hybridized carbons (Fsp3) is 0.238. The maximum absolute atomic E-state index is 12.4. The Kier molecular flexibility index (Phi) is 8.57. The largest absolute Gasteiger partial charge is 0.486 e. The van der Waals surface area contributed by atoms with Gasteiger partial charge < -0.3 is 42.2 Å². The van der Waals surface area contributed by atoms with E-state index >= 15 is 0 Å². The molecule has 1 aliphatic rings. The molecule has 2 aromatic rings. The highest BCUT2D eigenvalue weighted by atomic mass is 16.6. The third kappa shape index (κ3) is 7.11. The van der Waals surface area contributed by atoms with E-state index in [1.54, 1.807) is 36.4 Å². The normalized spacial score (nSPS) is 12.5. The number of ether oxygens (including phenoxy) is 2. The van der Waals surface area contributed by atoms with Gasteiger partial charge in [-0.25, -0.2) is 4.99 Å². The second kappa shape index (κ2) is 11.3. The lowest BCUT2D eigenvalue weighted by Crippen LogP contribution is -2.39. The van der Waals surface area contributed by atoms with Gasteiger partial charge in [-0.2, -0.15) is 0 Å². The van der Waals surface area contributed by atoms with Crippen LogP contribution < -0.4 is 31.6 Å². The molecule has 12 nitrogen and oxygen atoms in total. The van der Waals surface area contributed by atoms with Crippen molar-refractivity contribution in [2.45, 2.75) is 12.5 Å². The van der Waals surface area contributed by atoms with Crippen molar-refractivity contribution in [2.75, 3.05) is 19.8 Å². The highest BCUT2D eigenvalue weighted by Gasteiger charge is 2.21. The first-order valence-electron chi connectivity index (χ1n) is 9.70. The first-order chi connectivity index (χ1) is 15.3. The fourth-order valence-electron chi connectivity index (χ4n) is 3.08. The molecule has 0 saturated heterocycles. The maximum atomic E-state index is 12.4.